The van der Waals surface area contributed by atoms with Crippen LogP contribution in [0.3, 0.4) is 0 Å². The Bertz CT molecular complexity index is 389. The van der Waals surface area contributed by atoms with Crippen molar-refractivity contribution in [1.29, 1.82) is 0 Å². The summed E-state index contributed by atoms with van der Waals surface area (Å²) in [6, 6.07) is 5.70. The highest BCUT2D eigenvalue weighted by atomic mass is 16.5. The van der Waals surface area contributed by atoms with Crippen LogP contribution in [0.2, 0.25) is 0 Å². The van der Waals surface area contributed by atoms with Crippen LogP contribution < -0.4 is 14.2 Å². The predicted octanol–water partition coefficient (Wildman–Crippen LogP) is 3.41. The van der Waals surface area contributed by atoms with Gasteiger partial charge in [0.1, 0.15) is 11.4 Å². The highest BCUT2D eigenvalue weighted by molar-refractivity contribution is 5.46. The molecule has 0 atom stereocenters. The number of benzene rings is 1. The summed E-state index contributed by atoms with van der Waals surface area (Å²) in [6.45, 7) is 6.08. The molecule has 17 heavy (non-hydrogen) atoms. The number of hydrogen-bond acceptors (Lipinski definition) is 3. The van der Waals surface area contributed by atoms with Gasteiger partial charge in [-0.1, -0.05) is 0 Å². The maximum absolute atomic E-state index is 5.81. The molecule has 94 valence electrons. The molecule has 0 aromatic heterocycles. The summed E-state index contributed by atoms with van der Waals surface area (Å²) in [6.07, 6.45) is 2.62. The molecule has 0 spiro atoms. The SMILES string of the molecule is COc1ccc(OC(C)(C)C)cc1OC1CC1. The fraction of sp³-hybridized carbons (Fsp3) is 0.571. The third-order valence-corrected chi connectivity index (χ3v) is 2.38. The van der Waals surface area contributed by atoms with E-state index in [-0.39, 0.29) is 5.60 Å². The first-order chi connectivity index (χ1) is 7.98. The summed E-state index contributed by atoms with van der Waals surface area (Å²) in [4.78, 5) is 0. The lowest BCUT2D eigenvalue weighted by Gasteiger charge is -2.22. The second-order valence-corrected chi connectivity index (χ2v) is 5.34. The van der Waals surface area contributed by atoms with E-state index in [4.69, 9.17) is 14.2 Å². The zero-order valence-corrected chi connectivity index (χ0v) is 10.9. The molecule has 0 N–H and O–H groups in total. The molecule has 2 rings (SSSR count). The van der Waals surface area contributed by atoms with Crippen molar-refractivity contribution in [3.05, 3.63) is 18.2 Å². The molecule has 0 bridgehead atoms. The molecule has 0 aliphatic heterocycles. The van der Waals surface area contributed by atoms with E-state index in [2.05, 4.69) is 0 Å². The summed E-state index contributed by atoms with van der Waals surface area (Å²) < 4.78 is 16.9. The molecule has 1 aliphatic rings. The van der Waals surface area contributed by atoms with Crippen LogP contribution in [0.4, 0.5) is 0 Å². The molecule has 1 fully saturated rings. The Kier molecular flexibility index (Phi) is 3.18. The Hall–Kier alpha value is -1.38. The third-order valence-electron chi connectivity index (χ3n) is 2.38. The summed E-state index contributed by atoms with van der Waals surface area (Å²) in [5.41, 5.74) is -0.203. The molecule has 0 radical (unpaired) electrons. The van der Waals surface area contributed by atoms with Gasteiger partial charge in [-0.2, -0.15) is 0 Å². The van der Waals surface area contributed by atoms with Gasteiger partial charge >= 0.3 is 0 Å². The first-order valence-electron chi connectivity index (χ1n) is 6.01. The van der Waals surface area contributed by atoms with Crippen LogP contribution in [0.15, 0.2) is 18.2 Å². The minimum Gasteiger partial charge on any atom is -0.493 e. The summed E-state index contributed by atoms with van der Waals surface area (Å²) in [5.74, 6) is 2.35. The van der Waals surface area contributed by atoms with Crippen molar-refractivity contribution in [3.63, 3.8) is 0 Å². The lowest BCUT2D eigenvalue weighted by Crippen LogP contribution is -2.22. The Morgan fingerprint density at radius 1 is 1.12 bits per heavy atom. The Balaban J connectivity index is 2.17. The van der Waals surface area contributed by atoms with Crippen LogP contribution in [0.5, 0.6) is 17.2 Å². The minimum atomic E-state index is -0.203. The molecule has 0 amide bonds. The van der Waals surface area contributed by atoms with Crippen LogP contribution in [0, 0.1) is 0 Å². The van der Waals surface area contributed by atoms with E-state index in [1.807, 2.05) is 39.0 Å². The van der Waals surface area contributed by atoms with Gasteiger partial charge in [0.15, 0.2) is 11.5 Å². The number of methoxy groups -OCH3 is 1. The zero-order chi connectivity index (χ0) is 12.5. The highest BCUT2D eigenvalue weighted by Gasteiger charge is 2.25. The van der Waals surface area contributed by atoms with Gasteiger partial charge in [-0.05, 0) is 45.7 Å². The average Bonchev–Trinajstić information content (AvgIpc) is 3.00. The maximum atomic E-state index is 5.81. The fourth-order valence-corrected chi connectivity index (χ4v) is 1.53. The van der Waals surface area contributed by atoms with E-state index in [0.29, 0.717) is 6.10 Å². The second-order valence-electron chi connectivity index (χ2n) is 5.34. The molecular formula is C14H20O3. The molecule has 3 nitrogen and oxygen atoms in total. The van der Waals surface area contributed by atoms with E-state index in [1.54, 1.807) is 7.11 Å². The molecule has 1 aliphatic carbocycles. The molecular weight excluding hydrogens is 216 g/mol. The van der Waals surface area contributed by atoms with Crippen molar-refractivity contribution in [3.8, 4) is 17.2 Å². The molecule has 1 aromatic carbocycles. The summed E-state index contributed by atoms with van der Waals surface area (Å²) >= 11 is 0. The van der Waals surface area contributed by atoms with Gasteiger partial charge in [-0.25, -0.2) is 0 Å². The van der Waals surface area contributed by atoms with E-state index < -0.39 is 0 Å². The Labute approximate surface area is 103 Å². The minimum absolute atomic E-state index is 0.203. The first kappa shape index (κ1) is 12.1. The van der Waals surface area contributed by atoms with Crippen LogP contribution >= 0.6 is 0 Å². The molecule has 0 heterocycles. The van der Waals surface area contributed by atoms with Crippen LogP contribution in [-0.2, 0) is 0 Å². The highest BCUT2D eigenvalue weighted by Crippen LogP contribution is 2.36. The van der Waals surface area contributed by atoms with E-state index in [1.165, 1.54) is 0 Å². The monoisotopic (exact) mass is 236 g/mol. The van der Waals surface area contributed by atoms with Gasteiger partial charge < -0.3 is 14.2 Å². The zero-order valence-electron chi connectivity index (χ0n) is 10.9. The van der Waals surface area contributed by atoms with E-state index in [0.717, 1.165) is 30.1 Å². The predicted molar refractivity (Wildman–Crippen MR) is 67.0 cm³/mol. The van der Waals surface area contributed by atoms with Crippen molar-refractivity contribution in [1.82, 2.24) is 0 Å². The largest absolute Gasteiger partial charge is 0.493 e. The summed E-state index contributed by atoms with van der Waals surface area (Å²) in [5, 5.41) is 0. The van der Waals surface area contributed by atoms with Gasteiger partial charge in [0.2, 0.25) is 0 Å². The number of rotatable bonds is 4. The second kappa shape index (κ2) is 4.47. The number of hydrogen-bond donors (Lipinski definition) is 0. The normalized spacial score (nSPS) is 15.5. The average molecular weight is 236 g/mol. The van der Waals surface area contributed by atoms with Gasteiger partial charge in [-0.15, -0.1) is 0 Å². The lowest BCUT2D eigenvalue weighted by atomic mass is 10.2. The van der Waals surface area contributed by atoms with Crippen molar-refractivity contribution >= 4 is 0 Å². The van der Waals surface area contributed by atoms with Crippen molar-refractivity contribution in [2.75, 3.05) is 7.11 Å². The van der Waals surface area contributed by atoms with Crippen molar-refractivity contribution in [2.24, 2.45) is 0 Å². The Morgan fingerprint density at radius 2 is 1.82 bits per heavy atom. The lowest BCUT2D eigenvalue weighted by molar-refractivity contribution is 0.130. The van der Waals surface area contributed by atoms with Gasteiger partial charge in [-0.3, -0.25) is 0 Å². The fourth-order valence-electron chi connectivity index (χ4n) is 1.53. The smallest absolute Gasteiger partial charge is 0.165 e. The quantitative estimate of drug-likeness (QED) is 0.801. The van der Waals surface area contributed by atoms with Gasteiger partial charge in [0.25, 0.3) is 0 Å². The topological polar surface area (TPSA) is 27.7 Å². The summed E-state index contributed by atoms with van der Waals surface area (Å²) in [7, 11) is 1.65. The third kappa shape index (κ3) is 3.55. The van der Waals surface area contributed by atoms with Crippen LogP contribution in [0.1, 0.15) is 33.6 Å². The molecule has 1 aromatic rings. The molecule has 1 saturated carbocycles. The van der Waals surface area contributed by atoms with Crippen LogP contribution in [0.25, 0.3) is 0 Å². The van der Waals surface area contributed by atoms with Crippen molar-refractivity contribution in [2.45, 2.75) is 45.3 Å². The molecule has 3 heteroatoms. The van der Waals surface area contributed by atoms with Gasteiger partial charge in [0, 0.05) is 6.07 Å². The first-order valence-corrected chi connectivity index (χ1v) is 6.01. The standard InChI is InChI=1S/C14H20O3/c1-14(2,3)17-11-7-8-12(15-4)13(9-11)16-10-5-6-10/h7-10H,5-6H2,1-4H3. The molecule has 0 unspecified atom stereocenters. The van der Waals surface area contributed by atoms with Crippen LogP contribution in [-0.4, -0.2) is 18.8 Å². The van der Waals surface area contributed by atoms with E-state index in [9.17, 15) is 0 Å². The number of ether oxygens (including phenoxy) is 3. The van der Waals surface area contributed by atoms with Gasteiger partial charge in [0.05, 0.1) is 13.2 Å². The molecule has 0 saturated heterocycles. The Morgan fingerprint density at radius 3 is 2.35 bits per heavy atom. The maximum Gasteiger partial charge on any atom is 0.165 e. The van der Waals surface area contributed by atoms with E-state index >= 15 is 0 Å². The van der Waals surface area contributed by atoms with Crippen molar-refractivity contribution < 1.29 is 14.2 Å².